The molecule has 2 aliphatic heterocycles. The number of anilines is 2. The Labute approximate surface area is 247 Å². The van der Waals surface area contributed by atoms with Crippen LogP contribution in [0.1, 0.15) is 27.4 Å². The van der Waals surface area contributed by atoms with Crippen molar-refractivity contribution in [2.45, 2.75) is 11.5 Å². The SMILES string of the molecule is COc1ccccc1C1CN(C(=O)Nc2ccc(Cl)cc2Cl)C2(C(=O)Nc3ccccc32)C1C(=O)c1ccccc1. The van der Waals surface area contributed by atoms with Crippen LogP contribution in [0.3, 0.4) is 0 Å². The van der Waals surface area contributed by atoms with Gasteiger partial charge in [0.25, 0.3) is 5.91 Å². The van der Waals surface area contributed by atoms with E-state index in [0.29, 0.717) is 33.3 Å². The van der Waals surface area contributed by atoms with Crippen molar-refractivity contribution in [3.05, 3.63) is 124 Å². The molecule has 0 bridgehead atoms. The molecular weight excluding hydrogens is 561 g/mol. The number of ether oxygens (including phenoxy) is 1. The molecule has 1 spiro atoms. The van der Waals surface area contributed by atoms with Gasteiger partial charge in [-0.15, -0.1) is 0 Å². The van der Waals surface area contributed by atoms with Crippen molar-refractivity contribution in [2.24, 2.45) is 5.92 Å². The van der Waals surface area contributed by atoms with E-state index in [4.69, 9.17) is 27.9 Å². The summed E-state index contributed by atoms with van der Waals surface area (Å²) in [4.78, 5) is 44.5. The lowest BCUT2D eigenvalue weighted by atomic mass is 9.70. The number of nitrogens with one attached hydrogen (secondary N) is 2. The van der Waals surface area contributed by atoms with E-state index in [9.17, 15) is 14.4 Å². The maximum Gasteiger partial charge on any atom is 0.323 e. The Morgan fingerprint density at radius 1 is 0.951 bits per heavy atom. The molecule has 1 fully saturated rings. The molecule has 0 saturated carbocycles. The summed E-state index contributed by atoms with van der Waals surface area (Å²) in [6.45, 7) is 0.0579. The zero-order valence-electron chi connectivity index (χ0n) is 21.9. The average Bonchev–Trinajstić information content (AvgIpc) is 3.50. The van der Waals surface area contributed by atoms with Gasteiger partial charge in [-0.1, -0.05) is 89.9 Å². The van der Waals surface area contributed by atoms with E-state index in [2.05, 4.69) is 10.6 Å². The standard InChI is InChI=1S/C32H25Cl2N3O4/c1-41-27-14-8-5-11-21(27)22-18-37(31(40)36-26-16-15-20(33)17-24(26)34)32(23-12-6-7-13-25(23)35-30(32)39)28(22)29(38)19-9-3-2-4-10-19/h2-17,22,28H,18H2,1H3,(H,35,39)(H,36,40). The van der Waals surface area contributed by atoms with Gasteiger partial charge in [0.2, 0.25) is 0 Å². The molecule has 2 heterocycles. The van der Waals surface area contributed by atoms with Gasteiger partial charge in [-0.25, -0.2) is 4.79 Å². The number of benzene rings is 4. The van der Waals surface area contributed by atoms with Gasteiger partial charge < -0.3 is 20.3 Å². The van der Waals surface area contributed by atoms with Crippen LogP contribution in [0.25, 0.3) is 0 Å². The summed E-state index contributed by atoms with van der Waals surface area (Å²) < 4.78 is 5.70. The number of hydrogen-bond acceptors (Lipinski definition) is 4. The predicted octanol–water partition coefficient (Wildman–Crippen LogP) is 6.98. The fourth-order valence-electron chi connectivity index (χ4n) is 6.17. The number of amides is 3. The van der Waals surface area contributed by atoms with Gasteiger partial charge in [0, 0.05) is 34.3 Å². The van der Waals surface area contributed by atoms with Gasteiger partial charge in [-0.2, -0.15) is 0 Å². The third kappa shape index (κ3) is 4.33. The minimum atomic E-state index is -1.65. The van der Waals surface area contributed by atoms with E-state index < -0.39 is 29.3 Å². The van der Waals surface area contributed by atoms with Crippen LogP contribution in [-0.4, -0.2) is 36.3 Å². The number of para-hydroxylation sites is 2. The first-order chi connectivity index (χ1) is 19.9. The zero-order chi connectivity index (χ0) is 28.7. The molecule has 2 N–H and O–H groups in total. The van der Waals surface area contributed by atoms with Gasteiger partial charge >= 0.3 is 6.03 Å². The first-order valence-corrected chi connectivity index (χ1v) is 13.8. The second-order valence-electron chi connectivity index (χ2n) is 9.99. The lowest BCUT2D eigenvalue weighted by Gasteiger charge is -2.37. The van der Waals surface area contributed by atoms with Crippen LogP contribution in [0.5, 0.6) is 5.75 Å². The highest BCUT2D eigenvalue weighted by atomic mass is 35.5. The molecule has 6 rings (SSSR count). The number of hydrogen-bond donors (Lipinski definition) is 2. The molecule has 0 aromatic heterocycles. The number of rotatable bonds is 5. The Morgan fingerprint density at radius 2 is 1.66 bits per heavy atom. The van der Waals surface area contributed by atoms with Gasteiger partial charge in [0.05, 0.1) is 23.7 Å². The van der Waals surface area contributed by atoms with E-state index in [1.807, 2.05) is 30.3 Å². The number of nitrogens with zero attached hydrogens (tertiary/aromatic N) is 1. The lowest BCUT2D eigenvalue weighted by molar-refractivity contribution is -0.126. The fourth-order valence-corrected chi connectivity index (χ4v) is 6.62. The summed E-state index contributed by atoms with van der Waals surface area (Å²) in [5.74, 6) is -1.71. The number of methoxy groups -OCH3 is 1. The molecule has 3 atom stereocenters. The Hall–Kier alpha value is -4.33. The Balaban J connectivity index is 1.58. The molecule has 3 amide bonds. The van der Waals surface area contributed by atoms with E-state index >= 15 is 0 Å². The molecule has 4 aromatic carbocycles. The molecule has 1 saturated heterocycles. The second kappa shape index (κ2) is 10.6. The second-order valence-corrected chi connectivity index (χ2v) is 10.8. The normalized spacial score (nSPS) is 21.0. The highest BCUT2D eigenvalue weighted by Crippen LogP contribution is 2.57. The minimum Gasteiger partial charge on any atom is -0.496 e. The summed E-state index contributed by atoms with van der Waals surface area (Å²) in [5.41, 5.74) is 0.936. The van der Waals surface area contributed by atoms with Crippen molar-refractivity contribution in [1.29, 1.82) is 0 Å². The van der Waals surface area contributed by atoms with Crippen molar-refractivity contribution in [2.75, 3.05) is 24.3 Å². The summed E-state index contributed by atoms with van der Waals surface area (Å²) in [6.07, 6.45) is 0. The summed E-state index contributed by atoms with van der Waals surface area (Å²) >= 11 is 12.5. The Morgan fingerprint density at radius 3 is 2.41 bits per heavy atom. The number of likely N-dealkylation sites (tertiary alicyclic amines) is 1. The molecular formula is C32H25Cl2N3O4. The van der Waals surface area contributed by atoms with Crippen molar-refractivity contribution < 1.29 is 19.1 Å². The summed E-state index contributed by atoms with van der Waals surface area (Å²) in [5, 5.41) is 6.46. The topological polar surface area (TPSA) is 87.7 Å². The van der Waals surface area contributed by atoms with Gasteiger partial charge in [0.1, 0.15) is 5.75 Å². The number of halogens is 2. The van der Waals surface area contributed by atoms with E-state index in [0.717, 1.165) is 5.56 Å². The summed E-state index contributed by atoms with van der Waals surface area (Å²) in [6, 6.07) is 27.5. The monoisotopic (exact) mass is 585 g/mol. The Bertz CT molecular complexity index is 1680. The quantitative estimate of drug-likeness (QED) is 0.247. The van der Waals surface area contributed by atoms with Crippen LogP contribution in [0.15, 0.2) is 97.1 Å². The van der Waals surface area contributed by atoms with Crippen LogP contribution in [0, 0.1) is 5.92 Å². The van der Waals surface area contributed by atoms with Crippen LogP contribution in [0.4, 0.5) is 16.2 Å². The number of Topliss-reactive ketones (excluding diaryl/α,β-unsaturated/α-hetero) is 1. The minimum absolute atomic E-state index is 0.0579. The van der Waals surface area contributed by atoms with Crippen molar-refractivity contribution in [1.82, 2.24) is 4.90 Å². The van der Waals surface area contributed by atoms with E-state index in [1.54, 1.807) is 67.8 Å². The molecule has 0 aliphatic carbocycles. The number of carbonyl (C=O) groups excluding carboxylic acids is 3. The maximum absolute atomic E-state index is 14.5. The highest BCUT2D eigenvalue weighted by molar-refractivity contribution is 6.36. The largest absolute Gasteiger partial charge is 0.496 e. The zero-order valence-corrected chi connectivity index (χ0v) is 23.4. The molecule has 0 radical (unpaired) electrons. The predicted molar refractivity (Wildman–Crippen MR) is 159 cm³/mol. The molecule has 41 heavy (non-hydrogen) atoms. The third-order valence-corrected chi connectivity index (χ3v) is 8.43. The number of fused-ring (bicyclic) bond motifs is 2. The van der Waals surface area contributed by atoms with Gasteiger partial charge in [0.15, 0.2) is 11.3 Å². The first-order valence-electron chi connectivity index (χ1n) is 13.0. The smallest absolute Gasteiger partial charge is 0.323 e. The molecule has 206 valence electrons. The van der Waals surface area contributed by atoms with Crippen LogP contribution >= 0.6 is 23.2 Å². The Kier molecular flexibility index (Phi) is 6.93. The molecule has 7 nitrogen and oxygen atoms in total. The van der Waals surface area contributed by atoms with Crippen LogP contribution in [-0.2, 0) is 10.3 Å². The highest BCUT2D eigenvalue weighted by Gasteiger charge is 2.67. The average molecular weight is 586 g/mol. The maximum atomic E-state index is 14.5. The number of carbonyl (C=O) groups is 3. The number of ketones is 1. The van der Waals surface area contributed by atoms with Crippen molar-refractivity contribution >= 4 is 52.3 Å². The van der Waals surface area contributed by atoms with Gasteiger partial charge in [-0.3, -0.25) is 9.59 Å². The third-order valence-electron chi connectivity index (χ3n) is 7.89. The molecule has 3 unspecified atom stereocenters. The molecule has 9 heteroatoms. The summed E-state index contributed by atoms with van der Waals surface area (Å²) in [7, 11) is 1.56. The van der Waals surface area contributed by atoms with Crippen molar-refractivity contribution in [3.8, 4) is 5.75 Å². The first kappa shape index (κ1) is 26.9. The van der Waals surface area contributed by atoms with Gasteiger partial charge in [-0.05, 0) is 35.9 Å². The van der Waals surface area contributed by atoms with Crippen molar-refractivity contribution in [3.63, 3.8) is 0 Å². The number of urea groups is 1. The fraction of sp³-hybridized carbons (Fsp3) is 0.156. The van der Waals surface area contributed by atoms with Crippen LogP contribution in [0.2, 0.25) is 10.0 Å². The van der Waals surface area contributed by atoms with E-state index in [-0.39, 0.29) is 17.4 Å². The molecule has 2 aliphatic rings. The molecule has 4 aromatic rings. The van der Waals surface area contributed by atoms with E-state index in [1.165, 1.54) is 11.0 Å². The lowest BCUT2D eigenvalue weighted by Crippen LogP contribution is -2.55. The van der Waals surface area contributed by atoms with Crippen LogP contribution < -0.4 is 15.4 Å².